The van der Waals surface area contributed by atoms with Crippen LogP contribution in [0.2, 0.25) is 0 Å². The van der Waals surface area contributed by atoms with Gasteiger partial charge in [-0.2, -0.15) is 0 Å². The van der Waals surface area contributed by atoms with Crippen molar-refractivity contribution in [1.82, 2.24) is 16.0 Å². The molecule has 0 aliphatic carbocycles. The second kappa shape index (κ2) is 16.6. The highest BCUT2D eigenvalue weighted by atomic mass is 127. The number of halogens is 1. The number of carbonyl (C=O) groups is 1. The molecule has 1 saturated heterocycles. The van der Waals surface area contributed by atoms with Crippen LogP contribution in [0.15, 0.2) is 4.99 Å². The number of guanidine groups is 1. The number of hydrogen-bond acceptors (Lipinski definition) is 4. The second-order valence-electron chi connectivity index (χ2n) is 6.54. The zero-order valence-electron chi connectivity index (χ0n) is 16.5. The molecular formula is C18H37IN4O3. The van der Waals surface area contributed by atoms with Crippen molar-refractivity contribution in [2.24, 2.45) is 10.9 Å². The predicted molar refractivity (Wildman–Crippen MR) is 116 cm³/mol. The van der Waals surface area contributed by atoms with Crippen LogP contribution in [0.1, 0.15) is 46.0 Å². The van der Waals surface area contributed by atoms with Crippen molar-refractivity contribution < 1.29 is 14.3 Å². The minimum absolute atomic E-state index is 0. The van der Waals surface area contributed by atoms with Crippen molar-refractivity contribution in [3.8, 4) is 0 Å². The monoisotopic (exact) mass is 484 g/mol. The van der Waals surface area contributed by atoms with E-state index in [4.69, 9.17) is 9.47 Å². The van der Waals surface area contributed by atoms with Gasteiger partial charge in [-0.15, -0.1) is 24.0 Å². The lowest BCUT2D eigenvalue weighted by atomic mass is 10.0. The van der Waals surface area contributed by atoms with Gasteiger partial charge in [-0.1, -0.05) is 6.92 Å². The summed E-state index contributed by atoms with van der Waals surface area (Å²) in [5.74, 6) is 1.44. The lowest BCUT2D eigenvalue weighted by Crippen LogP contribution is -2.40. The molecule has 1 atom stereocenters. The van der Waals surface area contributed by atoms with E-state index in [-0.39, 0.29) is 35.9 Å². The molecule has 26 heavy (non-hydrogen) atoms. The molecule has 0 saturated carbocycles. The molecule has 7 nitrogen and oxygen atoms in total. The topological polar surface area (TPSA) is 84.0 Å². The molecular weight excluding hydrogens is 447 g/mol. The first-order chi connectivity index (χ1) is 12.2. The molecule has 1 aliphatic rings. The fourth-order valence-electron chi connectivity index (χ4n) is 2.51. The number of hydrogen-bond donors (Lipinski definition) is 3. The van der Waals surface area contributed by atoms with E-state index in [0.29, 0.717) is 18.9 Å². The van der Waals surface area contributed by atoms with Crippen LogP contribution < -0.4 is 16.0 Å². The summed E-state index contributed by atoms with van der Waals surface area (Å²) in [6, 6.07) is 0.228. The first kappa shape index (κ1) is 25.4. The number of aliphatic imine (C=N–C) groups is 1. The lowest BCUT2D eigenvalue weighted by Gasteiger charge is -2.21. The van der Waals surface area contributed by atoms with Gasteiger partial charge >= 0.3 is 0 Å². The predicted octanol–water partition coefficient (Wildman–Crippen LogP) is 1.91. The van der Waals surface area contributed by atoms with Gasteiger partial charge in [0.15, 0.2) is 5.96 Å². The summed E-state index contributed by atoms with van der Waals surface area (Å²) in [7, 11) is 1.73. The highest BCUT2D eigenvalue weighted by Gasteiger charge is 2.13. The molecule has 1 rings (SSSR count). The second-order valence-corrected chi connectivity index (χ2v) is 6.54. The molecule has 154 valence electrons. The Labute approximate surface area is 175 Å². The van der Waals surface area contributed by atoms with Crippen molar-refractivity contribution in [3.63, 3.8) is 0 Å². The maximum atomic E-state index is 11.7. The van der Waals surface area contributed by atoms with Crippen LogP contribution in [0, 0.1) is 5.92 Å². The van der Waals surface area contributed by atoms with E-state index in [1.165, 1.54) is 0 Å². The largest absolute Gasteiger partial charge is 0.381 e. The lowest BCUT2D eigenvalue weighted by molar-refractivity contribution is -0.121. The number of nitrogens with one attached hydrogen (secondary N) is 3. The van der Waals surface area contributed by atoms with Gasteiger partial charge in [-0.05, 0) is 38.5 Å². The average Bonchev–Trinajstić information content (AvgIpc) is 2.63. The molecule has 0 aromatic rings. The summed E-state index contributed by atoms with van der Waals surface area (Å²) in [6.45, 7) is 8.76. The summed E-state index contributed by atoms with van der Waals surface area (Å²) < 4.78 is 11.1. The molecule has 0 spiro atoms. The van der Waals surface area contributed by atoms with Gasteiger partial charge in [0.1, 0.15) is 0 Å². The Bertz CT molecular complexity index is 391. The van der Waals surface area contributed by atoms with Crippen molar-refractivity contribution in [2.45, 2.75) is 52.0 Å². The Kier molecular flexibility index (Phi) is 16.2. The van der Waals surface area contributed by atoms with Gasteiger partial charge in [0.2, 0.25) is 5.91 Å². The van der Waals surface area contributed by atoms with Crippen molar-refractivity contribution in [1.29, 1.82) is 0 Å². The van der Waals surface area contributed by atoms with Crippen molar-refractivity contribution >= 4 is 35.8 Å². The van der Waals surface area contributed by atoms with Crippen LogP contribution in [0.25, 0.3) is 0 Å². The smallest absolute Gasteiger partial charge is 0.221 e. The third-order valence-corrected chi connectivity index (χ3v) is 4.34. The Balaban J connectivity index is 0.00000625. The van der Waals surface area contributed by atoms with Crippen molar-refractivity contribution in [3.05, 3.63) is 0 Å². The first-order valence-corrected chi connectivity index (χ1v) is 9.55. The number of rotatable bonds is 11. The van der Waals surface area contributed by atoms with Crippen LogP contribution in [0.4, 0.5) is 0 Å². The molecule has 1 unspecified atom stereocenters. The van der Waals surface area contributed by atoms with Crippen molar-refractivity contribution in [2.75, 3.05) is 46.6 Å². The first-order valence-electron chi connectivity index (χ1n) is 9.55. The summed E-state index contributed by atoms with van der Waals surface area (Å²) in [5.41, 5.74) is 0. The van der Waals surface area contributed by atoms with Crippen LogP contribution in [-0.2, 0) is 14.3 Å². The van der Waals surface area contributed by atoms with E-state index in [2.05, 4.69) is 27.9 Å². The standard InChI is InChI=1S/C18H36N4O3.HI/c1-4-15(2)22-17(23)6-10-21-18(19-3)20-9-5-11-25-14-16-7-12-24-13-8-16;/h15-16H,4-14H2,1-3H3,(H,22,23)(H2,19,20,21);1H. The molecule has 0 radical (unpaired) electrons. The van der Waals surface area contributed by atoms with E-state index < -0.39 is 0 Å². The fraction of sp³-hybridized carbons (Fsp3) is 0.889. The third-order valence-electron chi connectivity index (χ3n) is 4.34. The van der Waals surface area contributed by atoms with E-state index in [1.54, 1.807) is 7.05 Å². The van der Waals surface area contributed by atoms with Gasteiger partial charge in [0.05, 0.1) is 0 Å². The molecule has 0 aromatic heterocycles. The highest BCUT2D eigenvalue weighted by molar-refractivity contribution is 14.0. The molecule has 8 heteroatoms. The fourth-order valence-corrected chi connectivity index (χ4v) is 2.51. The van der Waals surface area contributed by atoms with Gasteiger partial charge in [0.25, 0.3) is 0 Å². The van der Waals surface area contributed by atoms with Gasteiger partial charge in [0, 0.05) is 59.0 Å². The van der Waals surface area contributed by atoms with E-state index in [0.717, 1.165) is 64.6 Å². The number of ether oxygens (including phenoxy) is 2. The van der Waals surface area contributed by atoms with Gasteiger partial charge in [-0.25, -0.2) is 0 Å². The highest BCUT2D eigenvalue weighted by Crippen LogP contribution is 2.14. The third kappa shape index (κ3) is 12.7. The molecule has 1 fully saturated rings. The summed E-state index contributed by atoms with van der Waals surface area (Å²) in [5, 5.41) is 9.35. The quantitative estimate of drug-likeness (QED) is 0.181. The van der Waals surface area contributed by atoms with E-state index in [9.17, 15) is 4.79 Å². The number of nitrogens with zero attached hydrogens (tertiary/aromatic N) is 1. The minimum atomic E-state index is 0. The molecule has 0 aromatic carbocycles. The summed E-state index contributed by atoms with van der Waals surface area (Å²) in [6.07, 6.45) is 4.54. The molecule has 1 heterocycles. The normalized spacial score (nSPS) is 16.5. The Morgan fingerprint density at radius 2 is 1.96 bits per heavy atom. The molecule has 1 aliphatic heterocycles. The molecule has 0 bridgehead atoms. The maximum absolute atomic E-state index is 11.7. The zero-order valence-corrected chi connectivity index (χ0v) is 18.8. The Morgan fingerprint density at radius 1 is 1.27 bits per heavy atom. The van der Waals surface area contributed by atoms with Crippen LogP contribution in [-0.4, -0.2) is 64.5 Å². The minimum Gasteiger partial charge on any atom is -0.381 e. The zero-order chi connectivity index (χ0) is 18.3. The Morgan fingerprint density at radius 3 is 2.62 bits per heavy atom. The maximum Gasteiger partial charge on any atom is 0.221 e. The SMILES string of the molecule is CCC(C)NC(=O)CCNC(=NC)NCCCOCC1CCOCC1.I. The molecule has 3 N–H and O–H groups in total. The van der Waals surface area contributed by atoms with Crippen LogP contribution in [0.5, 0.6) is 0 Å². The van der Waals surface area contributed by atoms with Gasteiger partial charge in [-0.3, -0.25) is 9.79 Å². The van der Waals surface area contributed by atoms with Crippen LogP contribution >= 0.6 is 24.0 Å². The van der Waals surface area contributed by atoms with E-state index >= 15 is 0 Å². The summed E-state index contributed by atoms with van der Waals surface area (Å²) in [4.78, 5) is 15.9. The molecule has 1 amide bonds. The average molecular weight is 484 g/mol. The van der Waals surface area contributed by atoms with Gasteiger partial charge < -0.3 is 25.4 Å². The van der Waals surface area contributed by atoms with Crippen LogP contribution in [0.3, 0.4) is 0 Å². The Hall–Kier alpha value is -0.610. The summed E-state index contributed by atoms with van der Waals surface area (Å²) >= 11 is 0. The number of carbonyl (C=O) groups excluding carboxylic acids is 1. The number of amides is 1. The van der Waals surface area contributed by atoms with E-state index in [1.807, 2.05) is 6.92 Å².